The van der Waals surface area contributed by atoms with Crippen LogP contribution in [-0.2, 0) is 9.59 Å². The lowest BCUT2D eigenvalue weighted by atomic mass is 10.2. The molecule has 0 aromatic heterocycles. The van der Waals surface area contributed by atoms with E-state index in [4.69, 9.17) is 5.73 Å². The van der Waals surface area contributed by atoms with Crippen molar-refractivity contribution in [3.8, 4) is 0 Å². The van der Waals surface area contributed by atoms with E-state index < -0.39 is 11.9 Å². The van der Waals surface area contributed by atoms with Gasteiger partial charge in [0.25, 0.3) is 0 Å². The van der Waals surface area contributed by atoms with E-state index in [1.54, 1.807) is 18.2 Å². The van der Waals surface area contributed by atoms with Crippen molar-refractivity contribution in [3.63, 3.8) is 0 Å². The second-order valence-electron chi connectivity index (χ2n) is 3.77. The van der Waals surface area contributed by atoms with Gasteiger partial charge in [0.2, 0.25) is 11.8 Å². The highest BCUT2D eigenvalue weighted by molar-refractivity contribution is 5.89. The summed E-state index contributed by atoms with van der Waals surface area (Å²) in [6.07, 6.45) is 0.611. The second kappa shape index (κ2) is 5.89. The van der Waals surface area contributed by atoms with E-state index in [9.17, 15) is 9.59 Å². The Bertz CT molecular complexity index is 418. The fraction of sp³-hybridized carbons (Fsp3) is 0.333. The van der Waals surface area contributed by atoms with Crippen LogP contribution >= 0.6 is 0 Å². The molecule has 17 heavy (non-hydrogen) atoms. The molecule has 0 saturated heterocycles. The number of nitrogens with one attached hydrogen (secondary N) is 2. The average Bonchev–Trinajstić information content (AvgIpc) is 2.25. The van der Waals surface area contributed by atoms with Crippen molar-refractivity contribution in [2.24, 2.45) is 5.73 Å². The number of carbonyl (C=O) groups is 2. The zero-order valence-corrected chi connectivity index (χ0v) is 9.99. The van der Waals surface area contributed by atoms with E-state index in [1.165, 1.54) is 6.92 Å². The van der Waals surface area contributed by atoms with Gasteiger partial charge in [0.1, 0.15) is 6.04 Å². The SMILES string of the molecule is CCC(Nc1cccc(NC(C)=O)c1)C(N)=O. The molecular weight excluding hydrogens is 218 g/mol. The zero-order valence-electron chi connectivity index (χ0n) is 9.99. The predicted octanol–water partition coefficient (Wildman–Crippen LogP) is 1.32. The van der Waals surface area contributed by atoms with Crippen LogP contribution in [0.1, 0.15) is 20.3 Å². The minimum atomic E-state index is -0.400. The number of rotatable bonds is 5. The van der Waals surface area contributed by atoms with Crippen LogP contribution in [0.25, 0.3) is 0 Å². The van der Waals surface area contributed by atoms with Crippen LogP contribution < -0.4 is 16.4 Å². The number of carbonyl (C=O) groups excluding carboxylic acids is 2. The van der Waals surface area contributed by atoms with Gasteiger partial charge in [0.15, 0.2) is 0 Å². The Morgan fingerprint density at radius 2 is 2.00 bits per heavy atom. The van der Waals surface area contributed by atoms with Gasteiger partial charge in [-0.25, -0.2) is 0 Å². The minimum Gasteiger partial charge on any atom is -0.374 e. The number of anilines is 2. The first kappa shape index (κ1) is 13.0. The van der Waals surface area contributed by atoms with Gasteiger partial charge in [-0.1, -0.05) is 13.0 Å². The molecule has 0 aliphatic heterocycles. The maximum Gasteiger partial charge on any atom is 0.239 e. The molecule has 4 N–H and O–H groups in total. The summed E-state index contributed by atoms with van der Waals surface area (Å²) in [7, 11) is 0. The Balaban J connectivity index is 2.77. The summed E-state index contributed by atoms with van der Waals surface area (Å²) in [6.45, 7) is 3.32. The summed E-state index contributed by atoms with van der Waals surface area (Å²) in [5.41, 5.74) is 6.68. The van der Waals surface area contributed by atoms with E-state index >= 15 is 0 Å². The Labute approximate surface area is 100 Å². The van der Waals surface area contributed by atoms with Crippen LogP contribution in [0.2, 0.25) is 0 Å². The molecule has 0 fully saturated rings. The van der Waals surface area contributed by atoms with Crippen LogP contribution in [0.15, 0.2) is 24.3 Å². The lowest BCUT2D eigenvalue weighted by Gasteiger charge is -2.15. The van der Waals surface area contributed by atoms with E-state index in [0.29, 0.717) is 12.1 Å². The number of amides is 2. The summed E-state index contributed by atoms with van der Waals surface area (Å²) in [5, 5.41) is 5.69. The zero-order chi connectivity index (χ0) is 12.8. The van der Waals surface area contributed by atoms with Crippen molar-refractivity contribution < 1.29 is 9.59 Å². The molecule has 1 aromatic carbocycles. The highest BCUT2D eigenvalue weighted by atomic mass is 16.1. The van der Waals surface area contributed by atoms with Crippen LogP contribution in [-0.4, -0.2) is 17.9 Å². The Kier molecular flexibility index (Phi) is 4.51. The number of nitrogens with two attached hydrogens (primary N) is 1. The summed E-state index contributed by atoms with van der Waals surface area (Å²) in [5.74, 6) is -0.526. The van der Waals surface area contributed by atoms with Gasteiger partial charge in [-0.3, -0.25) is 9.59 Å². The van der Waals surface area contributed by atoms with Crippen molar-refractivity contribution in [2.75, 3.05) is 10.6 Å². The highest BCUT2D eigenvalue weighted by Crippen LogP contribution is 2.16. The standard InChI is InChI=1S/C12H17N3O2/c1-3-11(12(13)17)15-10-6-4-5-9(7-10)14-8(2)16/h4-7,11,15H,3H2,1-2H3,(H2,13,17)(H,14,16). The molecule has 1 rings (SSSR count). The third-order valence-corrected chi connectivity index (χ3v) is 2.28. The van der Waals surface area contributed by atoms with Crippen LogP contribution in [0.5, 0.6) is 0 Å². The van der Waals surface area contributed by atoms with E-state index in [1.807, 2.05) is 13.0 Å². The largest absolute Gasteiger partial charge is 0.374 e. The lowest BCUT2D eigenvalue weighted by molar-refractivity contribution is -0.118. The monoisotopic (exact) mass is 235 g/mol. The molecule has 5 heteroatoms. The quantitative estimate of drug-likeness (QED) is 0.719. The fourth-order valence-corrected chi connectivity index (χ4v) is 1.47. The average molecular weight is 235 g/mol. The number of hydrogen-bond donors (Lipinski definition) is 3. The third kappa shape index (κ3) is 4.14. The van der Waals surface area contributed by atoms with Crippen molar-refractivity contribution in [1.82, 2.24) is 0 Å². The molecule has 0 aliphatic carbocycles. The first-order chi connectivity index (χ1) is 8.02. The molecule has 92 valence electrons. The van der Waals surface area contributed by atoms with Crippen LogP contribution in [0.3, 0.4) is 0 Å². The number of benzene rings is 1. The third-order valence-electron chi connectivity index (χ3n) is 2.28. The van der Waals surface area contributed by atoms with E-state index in [2.05, 4.69) is 10.6 Å². The molecule has 1 atom stereocenters. The second-order valence-corrected chi connectivity index (χ2v) is 3.77. The van der Waals surface area contributed by atoms with Gasteiger partial charge in [-0.2, -0.15) is 0 Å². The molecule has 5 nitrogen and oxygen atoms in total. The summed E-state index contributed by atoms with van der Waals surface area (Å²) in [4.78, 5) is 22.0. The Morgan fingerprint density at radius 1 is 1.35 bits per heavy atom. The number of primary amides is 1. The molecule has 0 radical (unpaired) electrons. The molecule has 0 heterocycles. The van der Waals surface area contributed by atoms with Crippen molar-refractivity contribution in [2.45, 2.75) is 26.3 Å². The minimum absolute atomic E-state index is 0.135. The Morgan fingerprint density at radius 3 is 2.53 bits per heavy atom. The van der Waals surface area contributed by atoms with E-state index in [-0.39, 0.29) is 5.91 Å². The maximum absolute atomic E-state index is 11.1. The lowest BCUT2D eigenvalue weighted by Crippen LogP contribution is -2.34. The Hall–Kier alpha value is -2.04. The van der Waals surface area contributed by atoms with Crippen LogP contribution in [0.4, 0.5) is 11.4 Å². The van der Waals surface area contributed by atoms with Gasteiger partial charge in [-0.05, 0) is 24.6 Å². The van der Waals surface area contributed by atoms with Crippen molar-refractivity contribution in [3.05, 3.63) is 24.3 Å². The molecule has 0 saturated carbocycles. The van der Waals surface area contributed by atoms with Gasteiger partial charge in [0, 0.05) is 18.3 Å². The normalized spacial score (nSPS) is 11.6. The molecule has 2 amide bonds. The predicted molar refractivity (Wildman–Crippen MR) is 67.6 cm³/mol. The first-order valence-corrected chi connectivity index (χ1v) is 5.46. The van der Waals surface area contributed by atoms with Gasteiger partial charge >= 0.3 is 0 Å². The molecule has 0 spiro atoms. The van der Waals surface area contributed by atoms with E-state index in [0.717, 1.165) is 5.69 Å². The van der Waals surface area contributed by atoms with Gasteiger partial charge in [0.05, 0.1) is 0 Å². The maximum atomic E-state index is 11.1. The molecular formula is C12H17N3O2. The summed E-state index contributed by atoms with van der Waals surface area (Å²) >= 11 is 0. The smallest absolute Gasteiger partial charge is 0.239 e. The van der Waals surface area contributed by atoms with Gasteiger partial charge in [-0.15, -0.1) is 0 Å². The highest BCUT2D eigenvalue weighted by Gasteiger charge is 2.12. The molecule has 0 aliphatic rings. The summed E-state index contributed by atoms with van der Waals surface area (Å²) < 4.78 is 0. The molecule has 0 bridgehead atoms. The summed E-state index contributed by atoms with van der Waals surface area (Å²) in [6, 6.07) is 6.74. The van der Waals surface area contributed by atoms with Crippen LogP contribution in [0, 0.1) is 0 Å². The van der Waals surface area contributed by atoms with Crippen molar-refractivity contribution >= 4 is 23.2 Å². The number of hydrogen-bond acceptors (Lipinski definition) is 3. The fourth-order valence-electron chi connectivity index (χ4n) is 1.47. The topological polar surface area (TPSA) is 84.2 Å². The van der Waals surface area contributed by atoms with Gasteiger partial charge < -0.3 is 16.4 Å². The first-order valence-electron chi connectivity index (χ1n) is 5.46. The molecule has 1 aromatic rings. The molecule has 1 unspecified atom stereocenters. The van der Waals surface area contributed by atoms with Crippen molar-refractivity contribution in [1.29, 1.82) is 0 Å².